The maximum Gasteiger partial charge on any atom is 0.373 e. The van der Waals surface area contributed by atoms with Crippen molar-refractivity contribution >= 4 is 41.6 Å². The Kier molecular flexibility index (Phi) is 6.84. The van der Waals surface area contributed by atoms with Gasteiger partial charge in [-0.25, -0.2) is 14.4 Å². The van der Waals surface area contributed by atoms with Gasteiger partial charge in [0.05, 0.1) is 25.8 Å². The summed E-state index contributed by atoms with van der Waals surface area (Å²) in [7, 11) is 2.46. The van der Waals surface area contributed by atoms with E-state index in [1.54, 1.807) is 6.07 Å². The van der Waals surface area contributed by atoms with Gasteiger partial charge in [0, 0.05) is 0 Å². The summed E-state index contributed by atoms with van der Waals surface area (Å²) in [6.45, 7) is 1.35. The van der Waals surface area contributed by atoms with Gasteiger partial charge in [-0.3, -0.25) is 9.69 Å². The predicted molar refractivity (Wildman–Crippen MR) is 111 cm³/mol. The van der Waals surface area contributed by atoms with Crippen molar-refractivity contribution in [3.05, 3.63) is 58.1 Å². The van der Waals surface area contributed by atoms with E-state index in [2.05, 4.69) is 14.8 Å². The standard InChI is InChI=1S/C21H19ClN2O8/c1-11(19(26)29-2)31-16-6-4-12(8-14(16)22)9-15-18(25)24(21(28)23-15)10-13-5-7-17(32-13)20(27)30-3/h4-9,11H,10H2,1-3H3,(H,23,28)/b15-9-/t11-/m0/s1. The first-order valence-corrected chi connectivity index (χ1v) is 9.67. The number of hydrogen-bond donors (Lipinski definition) is 1. The van der Waals surface area contributed by atoms with Crippen LogP contribution in [-0.2, 0) is 25.6 Å². The zero-order valence-electron chi connectivity index (χ0n) is 17.3. The van der Waals surface area contributed by atoms with Crippen molar-refractivity contribution in [1.29, 1.82) is 0 Å². The Hall–Kier alpha value is -3.79. The minimum Gasteiger partial charge on any atom is -0.477 e. The van der Waals surface area contributed by atoms with Crippen LogP contribution in [0.15, 0.2) is 40.4 Å². The molecule has 0 bridgehead atoms. The highest BCUT2D eigenvalue weighted by Crippen LogP contribution is 2.28. The van der Waals surface area contributed by atoms with Gasteiger partial charge in [0.25, 0.3) is 5.91 Å². The van der Waals surface area contributed by atoms with Gasteiger partial charge < -0.3 is 23.9 Å². The van der Waals surface area contributed by atoms with Crippen LogP contribution in [0.2, 0.25) is 5.02 Å². The molecule has 3 amide bonds. The summed E-state index contributed by atoms with van der Waals surface area (Å²) in [4.78, 5) is 48.8. The number of imide groups is 1. The summed E-state index contributed by atoms with van der Waals surface area (Å²) >= 11 is 6.21. The lowest BCUT2D eigenvalue weighted by Crippen LogP contribution is -2.30. The number of esters is 2. The van der Waals surface area contributed by atoms with Crippen molar-refractivity contribution < 1.29 is 37.8 Å². The van der Waals surface area contributed by atoms with Crippen LogP contribution in [0.5, 0.6) is 5.75 Å². The Morgan fingerprint density at radius 2 is 1.94 bits per heavy atom. The van der Waals surface area contributed by atoms with Gasteiger partial charge in [-0.1, -0.05) is 17.7 Å². The molecule has 0 spiro atoms. The molecule has 32 heavy (non-hydrogen) atoms. The predicted octanol–water partition coefficient (Wildman–Crippen LogP) is 2.75. The molecule has 1 N–H and O–H groups in total. The molecule has 0 radical (unpaired) electrons. The summed E-state index contributed by atoms with van der Waals surface area (Å²) in [6, 6.07) is 6.88. The number of carbonyl (C=O) groups is 4. The lowest BCUT2D eigenvalue weighted by molar-refractivity contribution is -0.147. The number of ether oxygens (including phenoxy) is 3. The van der Waals surface area contributed by atoms with E-state index in [1.807, 2.05) is 0 Å². The molecule has 11 heteroatoms. The molecule has 2 heterocycles. The fraction of sp³-hybridized carbons (Fsp3) is 0.238. The highest BCUT2D eigenvalue weighted by atomic mass is 35.5. The Morgan fingerprint density at radius 3 is 2.59 bits per heavy atom. The molecule has 1 saturated heterocycles. The van der Waals surface area contributed by atoms with Crippen LogP contribution in [0.25, 0.3) is 6.08 Å². The zero-order chi connectivity index (χ0) is 23.4. The first-order chi connectivity index (χ1) is 15.2. The number of hydrogen-bond acceptors (Lipinski definition) is 8. The highest BCUT2D eigenvalue weighted by molar-refractivity contribution is 6.32. The quantitative estimate of drug-likeness (QED) is 0.378. The first kappa shape index (κ1) is 22.9. The largest absolute Gasteiger partial charge is 0.477 e. The molecule has 1 aliphatic rings. The van der Waals surface area contributed by atoms with Crippen LogP contribution in [0, 0.1) is 0 Å². The first-order valence-electron chi connectivity index (χ1n) is 9.29. The fourth-order valence-corrected chi connectivity index (χ4v) is 3.05. The number of halogens is 1. The van der Waals surface area contributed by atoms with Crippen LogP contribution in [0.1, 0.15) is 28.8 Å². The Morgan fingerprint density at radius 1 is 1.19 bits per heavy atom. The maximum absolute atomic E-state index is 12.7. The van der Waals surface area contributed by atoms with E-state index in [0.717, 1.165) is 4.90 Å². The van der Waals surface area contributed by atoms with E-state index in [0.29, 0.717) is 5.56 Å². The number of nitrogens with zero attached hydrogens (tertiary/aromatic N) is 1. The molecule has 0 saturated carbocycles. The molecule has 0 unspecified atom stereocenters. The van der Waals surface area contributed by atoms with Crippen LogP contribution < -0.4 is 10.1 Å². The molecule has 1 fully saturated rings. The number of furan rings is 1. The second-order valence-electron chi connectivity index (χ2n) is 6.61. The third kappa shape index (κ3) is 4.92. The van der Waals surface area contributed by atoms with E-state index in [9.17, 15) is 19.2 Å². The summed E-state index contributed by atoms with van der Waals surface area (Å²) < 4.78 is 19.9. The smallest absolute Gasteiger partial charge is 0.373 e. The number of carbonyl (C=O) groups excluding carboxylic acids is 4. The second kappa shape index (κ2) is 9.56. The van der Waals surface area contributed by atoms with E-state index >= 15 is 0 Å². The molecule has 1 aliphatic heterocycles. The minimum atomic E-state index is -0.854. The summed E-state index contributed by atoms with van der Waals surface area (Å²) in [5.41, 5.74) is 0.548. The van der Waals surface area contributed by atoms with Crippen LogP contribution in [0.4, 0.5) is 4.79 Å². The van der Waals surface area contributed by atoms with Crippen molar-refractivity contribution in [2.45, 2.75) is 19.6 Å². The zero-order valence-corrected chi connectivity index (χ0v) is 18.1. The van der Waals surface area contributed by atoms with Gasteiger partial charge in [0.15, 0.2) is 6.10 Å². The number of urea groups is 1. The third-order valence-electron chi connectivity index (χ3n) is 4.43. The number of nitrogens with one attached hydrogen (secondary N) is 1. The average Bonchev–Trinajstić information content (AvgIpc) is 3.35. The molecule has 1 atom stereocenters. The van der Waals surface area contributed by atoms with Crippen molar-refractivity contribution in [3.63, 3.8) is 0 Å². The Labute approximate surface area is 187 Å². The van der Waals surface area contributed by atoms with Gasteiger partial charge in [-0.15, -0.1) is 0 Å². The molecule has 0 aliphatic carbocycles. The third-order valence-corrected chi connectivity index (χ3v) is 4.72. The van der Waals surface area contributed by atoms with Crippen molar-refractivity contribution in [1.82, 2.24) is 10.2 Å². The normalized spacial score (nSPS) is 15.5. The molecule has 1 aromatic carbocycles. The van der Waals surface area contributed by atoms with Crippen LogP contribution >= 0.6 is 11.6 Å². The molecule has 3 rings (SSSR count). The summed E-state index contributed by atoms with van der Waals surface area (Å²) in [5, 5.41) is 2.69. The van der Waals surface area contributed by atoms with Gasteiger partial charge in [0.1, 0.15) is 17.2 Å². The summed E-state index contributed by atoms with van der Waals surface area (Å²) in [6.07, 6.45) is 0.592. The lowest BCUT2D eigenvalue weighted by Gasteiger charge is -2.13. The SMILES string of the molecule is COC(=O)c1ccc(CN2C(=O)N/C(=C\c3ccc(O[C@@H](C)C(=O)OC)c(Cl)c3)C2=O)o1. The van der Waals surface area contributed by atoms with Gasteiger partial charge in [-0.05, 0) is 42.8 Å². The molecular weight excluding hydrogens is 444 g/mol. The fourth-order valence-electron chi connectivity index (χ4n) is 2.82. The van der Waals surface area contributed by atoms with Gasteiger partial charge in [-0.2, -0.15) is 0 Å². The number of amides is 3. The molecule has 2 aromatic rings. The maximum atomic E-state index is 12.7. The van der Waals surface area contributed by atoms with Crippen LogP contribution in [-0.4, -0.2) is 49.1 Å². The number of methoxy groups -OCH3 is 2. The number of benzene rings is 1. The van der Waals surface area contributed by atoms with E-state index in [1.165, 1.54) is 51.5 Å². The Balaban J connectivity index is 1.72. The van der Waals surface area contributed by atoms with Crippen LogP contribution in [0.3, 0.4) is 0 Å². The molecule has 168 valence electrons. The van der Waals surface area contributed by atoms with Gasteiger partial charge >= 0.3 is 18.0 Å². The topological polar surface area (TPSA) is 124 Å². The van der Waals surface area contributed by atoms with Gasteiger partial charge in [0.2, 0.25) is 5.76 Å². The summed E-state index contributed by atoms with van der Waals surface area (Å²) in [5.74, 6) is -1.35. The molecular formula is C21H19ClN2O8. The molecule has 10 nitrogen and oxygen atoms in total. The highest BCUT2D eigenvalue weighted by Gasteiger charge is 2.34. The Bertz CT molecular complexity index is 1110. The number of rotatable bonds is 7. The average molecular weight is 463 g/mol. The monoisotopic (exact) mass is 462 g/mol. The van der Waals surface area contributed by atoms with Crippen molar-refractivity contribution in [2.24, 2.45) is 0 Å². The molecule has 1 aromatic heterocycles. The minimum absolute atomic E-state index is 0.0300. The van der Waals surface area contributed by atoms with E-state index in [-0.39, 0.29) is 34.5 Å². The van der Waals surface area contributed by atoms with Crippen molar-refractivity contribution in [3.8, 4) is 5.75 Å². The second-order valence-corrected chi connectivity index (χ2v) is 7.02. The van der Waals surface area contributed by atoms with E-state index < -0.39 is 30.0 Å². The van der Waals surface area contributed by atoms with Crippen molar-refractivity contribution in [2.75, 3.05) is 14.2 Å². The lowest BCUT2D eigenvalue weighted by atomic mass is 10.2. The van der Waals surface area contributed by atoms with E-state index in [4.69, 9.17) is 20.8 Å².